The Morgan fingerprint density at radius 1 is 1.62 bits per heavy atom. The second-order valence-electron chi connectivity index (χ2n) is 2.97. The van der Waals surface area contributed by atoms with Crippen LogP contribution >= 0.6 is 15.9 Å². The van der Waals surface area contributed by atoms with Gasteiger partial charge in [-0.1, -0.05) is 0 Å². The minimum absolute atomic E-state index is 0.468. The minimum atomic E-state index is -0.468. The molecule has 1 unspecified atom stereocenters. The van der Waals surface area contributed by atoms with Crippen LogP contribution in [0.2, 0.25) is 0 Å². The summed E-state index contributed by atoms with van der Waals surface area (Å²) < 4.78 is 0.918. The molecule has 0 aliphatic rings. The lowest BCUT2D eigenvalue weighted by Crippen LogP contribution is -1.88. The number of aliphatic hydroxyl groups is 1. The number of nitrogens with zero attached hydrogens (tertiary/aromatic N) is 1. The lowest BCUT2D eigenvalue weighted by atomic mass is 10.1. The second kappa shape index (κ2) is 3.12. The van der Waals surface area contributed by atoms with Crippen LogP contribution in [0.5, 0.6) is 0 Å². The summed E-state index contributed by atoms with van der Waals surface area (Å²) in [6.45, 7) is 1.74. The normalized spacial score (nSPS) is 13.5. The van der Waals surface area contributed by atoms with E-state index in [-0.39, 0.29) is 0 Å². The summed E-state index contributed by atoms with van der Waals surface area (Å²) in [5.41, 5.74) is 1.68. The molecule has 13 heavy (non-hydrogen) atoms. The summed E-state index contributed by atoms with van der Waals surface area (Å²) in [4.78, 5) is 7.18. The maximum absolute atomic E-state index is 9.44. The maximum Gasteiger partial charge on any atom is 0.137 e. The number of hydrogen-bond donors (Lipinski definition) is 2. The van der Waals surface area contributed by atoms with E-state index in [1.807, 2.05) is 6.07 Å². The van der Waals surface area contributed by atoms with E-state index in [1.165, 1.54) is 0 Å². The summed E-state index contributed by atoms with van der Waals surface area (Å²) in [5.74, 6) is 0. The number of aliphatic hydroxyl groups excluding tert-OH is 1. The van der Waals surface area contributed by atoms with Gasteiger partial charge in [-0.25, -0.2) is 4.98 Å². The molecule has 0 saturated carbocycles. The zero-order valence-corrected chi connectivity index (χ0v) is 8.67. The number of H-pyrrole nitrogens is 1. The molecule has 0 aliphatic carbocycles. The van der Waals surface area contributed by atoms with Crippen LogP contribution in [0.25, 0.3) is 11.0 Å². The number of halogens is 1. The number of nitrogens with one attached hydrogen (secondary N) is 1. The van der Waals surface area contributed by atoms with E-state index in [0.29, 0.717) is 0 Å². The predicted molar refractivity (Wildman–Crippen MR) is 54.4 cm³/mol. The Balaban J connectivity index is 2.71. The summed E-state index contributed by atoms with van der Waals surface area (Å²) >= 11 is 3.34. The molecule has 2 heterocycles. The highest BCUT2D eigenvalue weighted by atomic mass is 79.9. The molecular weight excluding hydrogens is 232 g/mol. The van der Waals surface area contributed by atoms with Crippen molar-refractivity contribution in [3.05, 3.63) is 28.5 Å². The summed E-state index contributed by atoms with van der Waals surface area (Å²) in [6.07, 6.45) is 3.05. The third-order valence-electron chi connectivity index (χ3n) is 1.98. The molecule has 0 radical (unpaired) electrons. The van der Waals surface area contributed by atoms with Gasteiger partial charge in [0.15, 0.2) is 0 Å². The fourth-order valence-electron chi connectivity index (χ4n) is 1.34. The van der Waals surface area contributed by atoms with E-state index >= 15 is 0 Å². The highest BCUT2D eigenvalue weighted by Gasteiger charge is 2.08. The van der Waals surface area contributed by atoms with E-state index in [4.69, 9.17) is 0 Å². The molecule has 0 aromatic carbocycles. The predicted octanol–water partition coefficient (Wildman–Crippen LogP) is 2.38. The minimum Gasteiger partial charge on any atom is -0.389 e. The lowest BCUT2D eigenvalue weighted by molar-refractivity contribution is 0.201. The van der Waals surface area contributed by atoms with E-state index in [1.54, 1.807) is 19.3 Å². The molecule has 0 saturated heterocycles. The SMILES string of the molecule is CC(O)c1c[nH]c2ncc(Br)cc12. The number of rotatable bonds is 1. The number of pyridine rings is 1. The van der Waals surface area contributed by atoms with Crippen molar-refractivity contribution in [2.24, 2.45) is 0 Å². The summed E-state index contributed by atoms with van der Waals surface area (Å²) in [6, 6.07) is 1.95. The van der Waals surface area contributed by atoms with Gasteiger partial charge in [-0.05, 0) is 28.9 Å². The van der Waals surface area contributed by atoms with Crippen LogP contribution in [0.15, 0.2) is 22.9 Å². The van der Waals surface area contributed by atoms with Gasteiger partial charge in [0.25, 0.3) is 0 Å². The molecule has 2 aromatic rings. The Bertz CT molecular complexity index is 436. The number of fused-ring (bicyclic) bond motifs is 1. The third-order valence-corrected chi connectivity index (χ3v) is 2.41. The van der Waals surface area contributed by atoms with Gasteiger partial charge in [0.2, 0.25) is 0 Å². The number of aromatic nitrogens is 2. The molecule has 0 spiro atoms. The molecule has 68 valence electrons. The van der Waals surface area contributed by atoms with Crippen molar-refractivity contribution >= 4 is 27.0 Å². The number of hydrogen-bond acceptors (Lipinski definition) is 2. The summed E-state index contributed by atoms with van der Waals surface area (Å²) in [7, 11) is 0. The van der Waals surface area contributed by atoms with Crippen LogP contribution in [0.1, 0.15) is 18.6 Å². The van der Waals surface area contributed by atoms with E-state index in [9.17, 15) is 5.11 Å². The number of aromatic amines is 1. The van der Waals surface area contributed by atoms with Crippen LogP contribution in [0, 0.1) is 0 Å². The first-order chi connectivity index (χ1) is 6.18. The van der Waals surface area contributed by atoms with Crippen molar-refractivity contribution in [2.45, 2.75) is 13.0 Å². The Kier molecular flexibility index (Phi) is 2.09. The van der Waals surface area contributed by atoms with Crippen LogP contribution in [0.3, 0.4) is 0 Å². The molecule has 2 aromatic heterocycles. The fraction of sp³-hybridized carbons (Fsp3) is 0.222. The average molecular weight is 241 g/mol. The quantitative estimate of drug-likeness (QED) is 0.805. The molecule has 1 atom stereocenters. The Labute approximate surface area is 83.9 Å². The average Bonchev–Trinajstić information content (AvgIpc) is 2.46. The van der Waals surface area contributed by atoms with Gasteiger partial charge >= 0.3 is 0 Å². The van der Waals surface area contributed by atoms with Crippen molar-refractivity contribution in [1.29, 1.82) is 0 Å². The molecule has 0 fully saturated rings. The molecule has 2 N–H and O–H groups in total. The van der Waals surface area contributed by atoms with Gasteiger partial charge in [0.1, 0.15) is 5.65 Å². The van der Waals surface area contributed by atoms with E-state index in [0.717, 1.165) is 21.1 Å². The molecular formula is C9H9BrN2O. The second-order valence-corrected chi connectivity index (χ2v) is 3.89. The molecule has 0 amide bonds. The Morgan fingerprint density at radius 2 is 2.38 bits per heavy atom. The van der Waals surface area contributed by atoms with Gasteiger partial charge < -0.3 is 10.1 Å². The summed E-state index contributed by atoms with van der Waals surface area (Å²) in [5, 5.41) is 10.4. The van der Waals surface area contributed by atoms with E-state index < -0.39 is 6.10 Å². The van der Waals surface area contributed by atoms with Gasteiger partial charge in [-0.3, -0.25) is 0 Å². The Hall–Kier alpha value is -0.870. The van der Waals surface area contributed by atoms with Crippen molar-refractivity contribution in [3.63, 3.8) is 0 Å². The van der Waals surface area contributed by atoms with Crippen LogP contribution in [-0.4, -0.2) is 15.1 Å². The fourth-order valence-corrected chi connectivity index (χ4v) is 1.68. The first-order valence-corrected chi connectivity index (χ1v) is 4.78. The monoisotopic (exact) mass is 240 g/mol. The molecule has 0 bridgehead atoms. The van der Waals surface area contributed by atoms with Gasteiger partial charge in [0, 0.05) is 27.8 Å². The molecule has 0 aliphatic heterocycles. The van der Waals surface area contributed by atoms with Gasteiger partial charge in [-0.2, -0.15) is 0 Å². The lowest BCUT2D eigenvalue weighted by Gasteiger charge is -2.00. The zero-order valence-electron chi connectivity index (χ0n) is 7.08. The van der Waals surface area contributed by atoms with Crippen LogP contribution in [0.4, 0.5) is 0 Å². The van der Waals surface area contributed by atoms with Crippen molar-refractivity contribution in [2.75, 3.05) is 0 Å². The zero-order chi connectivity index (χ0) is 9.42. The largest absolute Gasteiger partial charge is 0.389 e. The third kappa shape index (κ3) is 1.47. The van der Waals surface area contributed by atoms with E-state index in [2.05, 4.69) is 25.9 Å². The maximum atomic E-state index is 9.44. The van der Waals surface area contributed by atoms with Gasteiger partial charge in [0.05, 0.1) is 6.10 Å². The first kappa shape index (κ1) is 8.72. The highest BCUT2D eigenvalue weighted by molar-refractivity contribution is 9.10. The van der Waals surface area contributed by atoms with Crippen molar-refractivity contribution in [3.8, 4) is 0 Å². The van der Waals surface area contributed by atoms with Crippen molar-refractivity contribution in [1.82, 2.24) is 9.97 Å². The smallest absolute Gasteiger partial charge is 0.137 e. The topological polar surface area (TPSA) is 48.9 Å². The van der Waals surface area contributed by atoms with Crippen molar-refractivity contribution < 1.29 is 5.11 Å². The highest BCUT2D eigenvalue weighted by Crippen LogP contribution is 2.24. The first-order valence-electron chi connectivity index (χ1n) is 3.99. The van der Waals surface area contributed by atoms with Crippen LogP contribution < -0.4 is 0 Å². The van der Waals surface area contributed by atoms with Crippen LogP contribution in [-0.2, 0) is 0 Å². The molecule has 3 nitrogen and oxygen atoms in total. The molecule has 2 rings (SSSR count). The molecule has 4 heteroatoms. The Morgan fingerprint density at radius 3 is 3.08 bits per heavy atom. The van der Waals surface area contributed by atoms with Gasteiger partial charge in [-0.15, -0.1) is 0 Å². The standard InChI is InChI=1S/C9H9BrN2O/c1-5(13)8-4-12-9-7(8)2-6(10)3-11-9/h2-5,13H,1H3,(H,11,12).